The van der Waals surface area contributed by atoms with Crippen LogP contribution < -0.4 is 5.73 Å². The van der Waals surface area contributed by atoms with E-state index in [2.05, 4.69) is 9.97 Å². The number of hydrogen-bond acceptors (Lipinski definition) is 3. The molecule has 0 amide bonds. The van der Waals surface area contributed by atoms with E-state index in [1.165, 1.54) is 0 Å². The molecular weight excluding hydrogens is 150 g/mol. The van der Waals surface area contributed by atoms with Crippen LogP contribution in [0.4, 0.5) is 0 Å². The standard InChI is InChI=1S/C9H13N3/c1-6-11-5-7-8(10)3-2-4-9(7)12-6/h5,8H,2-4,10H2,1H3. The lowest BCUT2D eigenvalue weighted by Crippen LogP contribution is -2.19. The number of rotatable bonds is 0. The van der Waals surface area contributed by atoms with E-state index in [-0.39, 0.29) is 6.04 Å². The SMILES string of the molecule is Cc1ncc2c(n1)CCCC2N. The Bertz CT molecular complexity index is 296. The van der Waals surface area contributed by atoms with Crippen molar-refractivity contribution in [3.63, 3.8) is 0 Å². The van der Waals surface area contributed by atoms with Gasteiger partial charge in [0.05, 0.1) is 0 Å². The van der Waals surface area contributed by atoms with Gasteiger partial charge in [-0.25, -0.2) is 9.97 Å². The fraction of sp³-hybridized carbons (Fsp3) is 0.556. The highest BCUT2D eigenvalue weighted by molar-refractivity contribution is 5.23. The van der Waals surface area contributed by atoms with Gasteiger partial charge >= 0.3 is 0 Å². The van der Waals surface area contributed by atoms with E-state index >= 15 is 0 Å². The number of nitrogens with zero attached hydrogens (tertiary/aromatic N) is 2. The summed E-state index contributed by atoms with van der Waals surface area (Å²) < 4.78 is 0. The average Bonchev–Trinajstić information content (AvgIpc) is 2.04. The largest absolute Gasteiger partial charge is 0.324 e. The lowest BCUT2D eigenvalue weighted by molar-refractivity contribution is 0.554. The van der Waals surface area contributed by atoms with E-state index in [1.54, 1.807) is 0 Å². The van der Waals surface area contributed by atoms with Gasteiger partial charge in [-0.3, -0.25) is 0 Å². The van der Waals surface area contributed by atoms with Gasteiger partial charge in [0, 0.05) is 23.5 Å². The third kappa shape index (κ3) is 1.20. The Morgan fingerprint density at radius 1 is 1.58 bits per heavy atom. The Balaban J connectivity index is 2.46. The number of fused-ring (bicyclic) bond motifs is 1. The lowest BCUT2D eigenvalue weighted by atomic mass is 9.93. The van der Waals surface area contributed by atoms with E-state index in [1.807, 2.05) is 13.1 Å². The van der Waals surface area contributed by atoms with Crippen LogP contribution in [0.25, 0.3) is 0 Å². The zero-order valence-electron chi connectivity index (χ0n) is 7.25. The van der Waals surface area contributed by atoms with Crippen molar-refractivity contribution < 1.29 is 0 Å². The van der Waals surface area contributed by atoms with Crippen LogP contribution in [0.5, 0.6) is 0 Å². The van der Waals surface area contributed by atoms with Crippen molar-refractivity contribution in [2.45, 2.75) is 32.2 Å². The maximum atomic E-state index is 5.92. The molecule has 1 unspecified atom stereocenters. The molecule has 64 valence electrons. The third-order valence-corrected chi connectivity index (χ3v) is 2.35. The molecule has 2 N–H and O–H groups in total. The van der Waals surface area contributed by atoms with Crippen LogP contribution in [0.1, 0.15) is 36.0 Å². The van der Waals surface area contributed by atoms with Crippen molar-refractivity contribution in [3.05, 3.63) is 23.3 Å². The van der Waals surface area contributed by atoms with Crippen molar-refractivity contribution in [3.8, 4) is 0 Å². The summed E-state index contributed by atoms with van der Waals surface area (Å²) >= 11 is 0. The minimum atomic E-state index is 0.161. The van der Waals surface area contributed by atoms with Crippen LogP contribution in [-0.4, -0.2) is 9.97 Å². The van der Waals surface area contributed by atoms with Crippen LogP contribution >= 0.6 is 0 Å². The van der Waals surface area contributed by atoms with E-state index < -0.39 is 0 Å². The molecule has 0 bridgehead atoms. The lowest BCUT2D eigenvalue weighted by Gasteiger charge is -2.20. The van der Waals surface area contributed by atoms with Crippen LogP contribution in [-0.2, 0) is 6.42 Å². The monoisotopic (exact) mass is 163 g/mol. The van der Waals surface area contributed by atoms with Gasteiger partial charge in [0.25, 0.3) is 0 Å². The molecule has 0 aromatic carbocycles. The van der Waals surface area contributed by atoms with Crippen molar-refractivity contribution >= 4 is 0 Å². The Kier molecular flexibility index (Phi) is 1.81. The molecule has 1 aromatic rings. The molecular formula is C9H13N3. The Hall–Kier alpha value is -0.960. The molecule has 1 aliphatic carbocycles. The summed E-state index contributed by atoms with van der Waals surface area (Å²) in [7, 11) is 0. The first-order chi connectivity index (χ1) is 5.77. The maximum absolute atomic E-state index is 5.92. The summed E-state index contributed by atoms with van der Waals surface area (Å²) in [6, 6.07) is 0.161. The zero-order chi connectivity index (χ0) is 8.55. The highest BCUT2D eigenvalue weighted by Crippen LogP contribution is 2.25. The van der Waals surface area contributed by atoms with Gasteiger partial charge < -0.3 is 5.73 Å². The first-order valence-electron chi connectivity index (χ1n) is 4.35. The number of hydrogen-bond donors (Lipinski definition) is 1. The van der Waals surface area contributed by atoms with Crippen LogP contribution in [0.2, 0.25) is 0 Å². The summed E-state index contributed by atoms with van der Waals surface area (Å²) in [5, 5.41) is 0. The molecule has 0 saturated heterocycles. The van der Waals surface area contributed by atoms with Crippen molar-refractivity contribution in [1.82, 2.24) is 9.97 Å². The fourth-order valence-electron chi connectivity index (χ4n) is 1.68. The quantitative estimate of drug-likeness (QED) is 0.623. The highest BCUT2D eigenvalue weighted by atomic mass is 14.9. The van der Waals surface area contributed by atoms with Gasteiger partial charge in [0.15, 0.2) is 0 Å². The first kappa shape index (κ1) is 7.68. The first-order valence-corrected chi connectivity index (χ1v) is 4.35. The second-order valence-corrected chi connectivity index (χ2v) is 3.32. The highest BCUT2D eigenvalue weighted by Gasteiger charge is 2.17. The molecule has 0 radical (unpaired) electrons. The second-order valence-electron chi connectivity index (χ2n) is 3.32. The van der Waals surface area contributed by atoms with Gasteiger partial charge in [0.1, 0.15) is 5.82 Å². The van der Waals surface area contributed by atoms with Crippen molar-refractivity contribution in [1.29, 1.82) is 0 Å². The summed E-state index contributed by atoms with van der Waals surface area (Å²) in [4.78, 5) is 8.52. The molecule has 2 rings (SSSR count). The molecule has 12 heavy (non-hydrogen) atoms. The van der Waals surface area contributed by atoms with Gasteiger partial charge in [-0.1, -0.05) is 0 Å². The van der Waals surface area contributed by atoms with Gasteiger partial charge in [-0.2, -0.15) is 0 Å². The molecule has 0 saturated carbocycles. The van der Waals surface area contributed by atoms with Crippen LogP contribution in [0.3, 0.4) is 0 Å². The summed E-state index contributed by atoms with van der Waals surface area (Å²) in [6.45, 7) is 1.92. The van der Waals surface area contributed by atoms with Crippen LogP contribution in [0.15, 0.2) is 6.20 Å². The second kappa shape index (κ2) is 2.83. The Labute approximate surface area is 72.0 Å². The predicted octanol–water partition coefficient (Wildman–Crippen LogP) is 1.12. The van der Waals surface area contributed by atoms with E-state index in [0.717, 1.165) is 36.3 Å². The van der Waals surface area contributed by atoms with E-state index in [0.29, 0.717) is 0 Å². The zero-order valence-corrected chi connectivity index (χ0v) is 7.25. The molecule has 0 aliphatic heterocycles. The Morgan fingerprint density at radius 3 is 3.25 bits per heavy atom. The molecule has 0 spiro atoms. The average molecular weight is 163 g/mol. The summed E-state index contributed by atoms with van der Waals surface area (Å²) in [5.41, 5.74) is 8.22. The third-order valence-electron chi connectivity index (χ3n) is 2.35. The summed E-state index contributed by atoms with van der Waals surface area (Å²) in [5.74, 6) is 0.850. The van der Waals surface area contributed by atoms with Gasteiger partial charge in [-0.05, 0) is 26.2 Å². The normalized spacial score (nSPS) is 22.0. The van der Waals surface area contributed by atoms with Gasteiger partial charge in [-0.15, -0.1) is 0 Å². The topological polar surface area (TPSA) is 51.8 Å². The predicted molar refractivity (Wildman–Crippen MR) is 46.6 cm³/mol. The van der Waals surface area contributed by atoms with Gasteiger partial charge in [0.2, 0.25) is 0 Å². The smallest absolute Gasteiger partial charge is 0.125 e. The maximum Gasteiger partial charge on any atom is 0.125 e. The van der Waals surface area contributed by atoms with Crippen LogP contribution in [0, 0.1) is 6.92 Å². The molecule has 1 aliphatic rings. The molecule has 3 heteroatoms. The molecule has 3 nitrogen and oxygen atoms in total. The van der Waals surface area contributed by atoms with E-state index in [9.17, 15) is 0 Å². The summed E-state index contributed by atoms with van der Waals surface area (Å²) in [6.07, 6.45) is 5.16. The number of aromatic nitrogens is 2. The minimum Gasteiger partial charge on any atom is -0.324 e. The van der Waals surface area contributed by atoms with Crippen molar-refractivity contribution in [2.75, 3.05) is 0 Å². The number of aryl methyl sites for hydroxylation is 2. The number of nitrogens with two attached hydrogens (primary N) is 1. The molecule has 1 heterocycles. The molecule has 1 aromatic heterocycles. The van der Waals surface area contributed by atoms with E-state index in [4.69, 9.17) is 5.73 Å². The Morgan fingerprint density at radius 2 is 2.42 bits per heavy atom. The minimum absolute atomic E-state index is 0.161. The molecule has 1 atom stereocenters. The fourth-order valence-corrected chi connectivity index (χ4v) is 1.68. The molecule has 0 fully saturated rings. The van der Waals surface area contributed by atoms with Crippen molar-refractivity contribution in [2.24, 2.45) is 5.73 Å².